The van der Waals surface area contributed by atoms with Crippen molar-refractivity contribution in [3.63, 3.8) is 0 Å². The lowest BCUT2D eigenvalue weighted by molar-refractivity contribution is 0.100. The highest BCUT2D eigenvalue weighted by atomic mass is 127. The second-order valence-electron chi connectivity index (χ2n) is 5.88. The lowest BCUT2D eigenvalue weighted by atomic mass is 10.1. The third kappa shape index (κ3) is 2.69. The maximum absolute atomic E-state index is 11.9. The summed E-state index contributed by atoms with van der Waals surface area (Å²) in [5, 5.41) is 2.47. The van der Waals surface area contributed by atoms with E-state index in [0.717, 1.165) is 21.8 Å². The van der Waals surface area contributed by atoms with Gasteiger partial charge in [0, 0.05) is 26.5 Å². The number of nitrogens with two attached hydrogens (primary N) is 1. The number of fused-ring (bicyclic) bond motifs is 3. The van der Waals surface area contributed by atoms with Crippen molar-refractivity contribution in [2.45, 2.75) is 6.54 Å². The number of benzene rings is 3. The summed E-state index contributed by atoms with van der Waals surface area (Å²) in [5.74, 6) is -0.432. The number of carbonyl (C=O) groups excluding carboxylic acids is 1. The van der Waals surface area contributed by atoms with E-state index in [1.54, 1.807) is 6.07 Å². The van der Waals surface area contributed by atoms with Crippen LogP contribution in [0.3, 0.4) is 0 Å². The number of carbonyl (C=O) groups is 1. The number of amides is 1. The molecule has 0 aliphatic rings. The van der Waals surface area contributed by atoms with Gasteiger partial charge in [0.2, 0.25) is 5.91 Å². The molecule has 4 aromatic rings. The summed E-state index contributed by atoms with van der Waals surface area (Å²) in [4.78, 5) is 11.9. The van der Waals surface area contributed by atoms with Crippen LogP contribution in [0.15, 0.2) is 60.7 Å². The van der Waals surface area contributed by atoms with Gasteiger partial charge in [-0.05, 0) is 52.4 Å². The van der Waals surface area contributed by atoms with Gasteiger partial charge in [0.15, 0.2) is 0 Å². The van der Waals surface area contributed by atoms with Gasteiger partial charge in [-0.1, -0.05) is 48.0 Å². The van der Waals surface area contributed by atoms with Gasteiger partial charge in [0.1, 0.15) is 0 Å². The fraction of sp³-hybridized carbons (Fsp3) is 0.0500. The molecule has 0 bridgehead atoms. The Balaban J connectivity index is 2.10. The van der Waals surface area contributed by atoms with Gasteiger partial charge in [-0.15, -0.1) is 0 Å². The van der Waals surface area contributed by atoms with Crippen molar-refractivity contribution in [2.24, 2.45) is 5.73 Å². The largest absolute Gasteiger partial charge is 0.366 e. The summed E-state index contributed by atoms with van der Waals surface area (Å²) >= 11 is 8.87. The summed E-state index contributed by atoms with van der Waals surface area (Å²) in [6, 6.07) is 19.6. The Hall–Kier alpha value is -2.05. The van der Waals surface area contributed by atoms with Crippen molar-refractivity contribution in [1.82, 2.24) is 4.57 Å². The van der Waals surface area contributed by atoms with Crippen molar-refractivity contribution >= 4 is 61.9 Å². The molecule has 0 saturated heterocycles. The third-order valence-electron chi connectivity index (χ3n) is 4.41. The van der Waals surface area contributed by atoms with Crippen LogP contribution in [0, 0.1) is 3.57 Å². The maximum atomic E-state index is 11.9. The first-order chi connectivity index (χ1) is 12.1. The van der Waals surface area contributed by atoms with Crippen LogP contribution < -0.4 is 5.73 Å². The van der Waals surface area contributed by atoms with E-state index in [0.29, 0.717) is 17.1 Å². The minimum Gasteiger partial charge on any atom is -0.366 e. The minimum absolute atomic E-state index is 0.432. The highest BCUT2D eigenvalue weighted by molar-refractivity contribution is 14.1. The molecule has 5 heteroatoms. The van der Waals surface area contributed by atoms with Crippen molar-refractivity contribution < 1.29 is 4.79 Å². The molecule has 25 heavy (non-hydrogen) atoms. The first kappa shape index (κ1) is 16.4. The quantitative estimate of drug-likeness (QED) is 0.420. The van der Waals surface area contributed by atoms with E-state index in [2.05, 4.69) is 39.3 Å². The molecule has 1 heterocycles. The number of para-hydroxylation sites is 1. The molecule has 3 aromatic carbocycles. The van der Waals surface area contributed by atoms with E-state index in [1.165, 1.54) is 9.13 Å². The SMILES string of the molecule is NC(=O)c1cccc2c1c1cccc(Cl)c1n2Cc1ccccc1I. The normalized spacial score (nSPS) is 11.3. The zero-order valence-electron chi connectivity index (χ0n) is 13.2. The Morgan fingerprint density at radius 3 is 2.56 bits per heavy atom. The van der Waals surface area contributed by atoms with Crippen molar-refractivity contribution in [3.8, 4) is 0 Å². The van der Waals surface area contributed by atoms with Crippen molar-refractivity contribution in [2.75, 3.05) is 0 Å². The Morgan fingerprint density at radius 1 is 1.04 bits per heavy atom. The highest BCUT2D eigenvalue weighted by Gasteiger charge is 2.18. The summed E-state index contributed by atoms with van der Waals surface area (Å²) < 4.78 is 3.35. The van der Waals surface area contributed by atoms with Crippen molar-refractivity contribution in [1.29, 1.82) is 0 Å². The molecule has 0 fully saturated rings. The van der Waals surface area contributed by atoms with E-state index < -0.39 is 5.91 Å². The van der Waals surface area contributed by atoms with Gasteiger partial charge < -0.3 is 10.3 Å². The summed E-state index contributed by atoms with van der Waals surface area (Å²) in [5.41, 5.74) is 9.21. The maximum Gasteiger partial charge on any atom is 0.249 e. The fourth-order valence-corrected chi connectivity index (χ4v) is 4.16. The monoisotopic (exact) mass is 460 g/mol. The first-order valence-corrected chi connectivity index (χ1v) is 9.26. The minimum atomic E-state index is -0.432. The number of hydrogen-bond donors (Lipinski definition) is 1. The third-order valence-corrected chi connectivity index (χ3v) is 5.77. The van der Waals surface area contributed by atoms with Crippen molar-refractivity contribution in [3.05, 3.63) is 80.4 Å². The van der Waals surface area contributed by atoms with E-state index in [9.17, 15) is 4.79 Å². The molecular weight excluding hydrogens is 447 g/mol. The zero-order valence-corrected chi connectivity index (χ0v) is 16.1. The number of nitrogens with zero attached hydrogens (tertiary/aromatic N) is 1. The predicted octanol–water partition coefficient (Wildman–Crippen LogP) is 5.20. The van der Waals surface area contributed by atoms with Gasteiger partial charge in [-0.25, -0.2) is 0 Å². The average Bonchev–Trinajstić information content (AvgIpc) is 2.92. The zero-order chi connectivity index (χ0) is 17.6. The van der Waals surface area contributed by atoms with Gasteiger partial charge in [0.25, 0.3) is 0 Å². The second-order valence-corrected chi connectivity index (χ2v) is 7.45. The lowest BCUT2D eigenvalue weighted by Crippen LogP contribution is -2.11. The fourth-order valence-electron chi connectivity index (χ4n) is 3.33. The Labute approximate surface area is 163 Å². The van der Waals surface area contributed by atoms with Gasteiger partial charge in [0.05, 0.1) is 16.1 Å². The lowest BCUT2D eigenvalue weighted by Gasteiger charge is -2.10. The highest BCUT2D eigenvalue weighted by Crippen LogP contribution is 2.36. The van der Waals surface area contributed by atoms with E-state index >= 15 is 0 Å². The van der Waals surface area contributed by atoms with E-state index in [4.69, 9.17) is 17.3 Å². The first-order valence-electron chi connectivity index (χ1n) is 7.80. The molecule has 0 atom stereocenters. The number of rotatable bonds is 3. The molecular formula is C20H14ClIN2O. The smallest absolute Gasteiger partial charge is 0.249 e. The Kier molecular flexibility index (Phi) is 4.17. The van der Waals surface area contributed by atoms with Crippen LogP contribution in [0.2, 0.25) is 5.02 Å². The number of hydrogen-bond acceptors (Lipinski definition) is 1. The summed E-state index contributed by atoms with van der Waals surface area (Å²) in [6.45, 7) is 0.672. The van der Waals surface area contributed by atoms with Crippen LogP contribution in [-0.2, 0) is 6.54 Å². The topological polar surface area (TPSA) is 48.0 Å². The van der Waals surface area contributed by atoms with Crippen LogP contribution in [-0.4, -0.2) is 10.5 Å². The van der Waals surface area contributed by atoms with Gasteiger partial charge in [-0.2, -0.15) is 0 Å². The predicted molar refractivity (Wildman–Crippen MR) is 111 cm³/mol. The molecule has 1 amide bonds. The van der Waals surface area contributed by atoms with Crippen LogP contribution in [0.5, 0.6) is 0 Å². The van der Waals surface area contributed by atoms with Gasteiger partial charge in [-0.3, -0.25) is 4.79 Å². The van der Waals surface area contributed by atoms with Gasteiger partial charge >= 0.3 is 0 Å². The average molecular weight is 461 g/mol. The Morgan fingerprint density at radius 2 is 1.80 bits per heavy atom. The van der Waals surface area contributed by atoms with Crippen LogP contribution in [0.4, 0.5) is 0 Å². The number of primary amides is 1. The van der Waals surface area contributed by atoms with E-state index in [-0.39, 0.29) is 0 Å². The number of halogens is 2. The molecule has 0 unspecified atom stereocenters. The standard InChI is InChI=1S/C20H14ClIN2O/c21-15-8-3-6-13-18-14(20(23)25)7-4-10-17(18)24(19(13)15)11-12-5-1-2-9-16(12)22/h1-10H,11H2,(H2,23,25). The molecule has 0 aliphatic heterocycles. The molecule has 124 valence electrons. The molecule has 0 radical (unpaired) electrons. The summed E-state index contributed by atoms with van der Waals surface area (Å²) in [6.07, 6.45) is 0. The molecule has 0 spiro atoms. The molecule has 3 nitrogen and oxygen atoms in total. The molecule has 1 aromatic heterocycles. The second kappa shape index (κ2) is 6.35. The molecule has 2 N–H and O–H groups in total. The summed E-state index contributed by atoms with van der Waals surface area (Å²) in [7, 11) is 0. The Bertz CT molecular complexity index is 1130. The molecule has 4 rings (SSSR count). The van der Waals surface area contributed by atoms with E-state index in [1.807, 2.05) is 42.5 Å². The van der Waals surface area contributed by atoms with Crippen LogP contribution in [0.25, 0.3) is 21.8 Å². The molecule has 0 aliphatic carbocycles. The number of aromatic nitrogens is 1. The van der Waals surface area contributed by atoms with Crippen LogP contribution >= 0.6 is 34.2 Å². The van der Waals surface area contributed by atoms with Crippen LogP contribution in [0.1, 0.15) is 15.9 Å². The molecule has 0 saturated carbocycles.